The SMILES string of the molecule is CNCC1CCN(C2CC2)C1c1cc(C)ccc1F. The quantitative estimate of drug-likeness (QED) is 0.897. The number of likely N-dealkylation sites (tertiary alicyclic amines) is 1. The van der Waals surface area contributed by atoms with Crippen LogP contribution in [-0.4, -0.2) is 31.1 Å². The zero-order chi connectivity index (χ0) is 13.4. The van der Waals surface area contributed by atoms with Crippen molar-refractivity contribution in [2.45, 2.75) is 38.3 Å². The zero-order valence-corrected chi connectivity index (χ0v) is 11.8. The van der Waals surface area contributed by atoms with E-state index < -0.39 is 0 Å². The second kappa shape index (κ2) is 5.22. The Morgan fingerprint density at radius 2 is 2.11 bits per heavy atom. The Kier molecular flexibility index (Phi) is 3.59. The Bertz CT molecular complexity index is 456. The first-order chi connectivity index (χ1) is 9.20. The van der Waals surface area contributed by atoms with Crippen molar-refractivity contribution in [3.05, 3.63) is 35.1 Å². The van der Waals surface area contributed by atoms with Crippen molar-refractivity contribution in [3.63, 3.8) is 0 Å². The lowest BCUT2D eigenvalue weighted by molar-refractivity contribution is 0.212. The highest BCUT2D eigenvalue weighted by Gasteiger charge is 2.43. The zero-order valence-electron chi connectivity index (χ0n) is 11.8. The summed E-state index contributed by atoms with van der Waals surface area (Å²) in [7, 11) is 1.99. The molecule has 1 N–H and O–H groups in total. The number of halogens is 1. The minimum absolute atomic E-state index is 0.0377. The number of nitrogens with one attached hydrogen (secondary N) is 1. The molecule has 1 aromatic carbocycles. The number of hydrogen-bond donors (Lipinski definition) is 1. The molecule has 2 unspecified atom stereocenters. The van der Waals surface area contributed by atoms with Gasteiger partial charge in [0.25, 0.3) is 0 Å². The molecule has 1 saturated heterocycles. The van der Waals surface area contributed by atoms with E-state index in [4.69, 9.17) is 0 Å². The van der Waals surface area contributed by atoms with E-state index in [0.29, 0.717) is 12.0 Å². The third kappa shape index (κ3) is 2.54. The van der Waals surface area contributed by atoms with Gasteiger partial charge in [-0.2, -0.15) is 0 Å². The average molecular weight is 262 g/mol. The molecule has 0 amide bonds. The fourth-order valence-electron chi connectivity index (χ4n) is 3.50. The standard InChI is InChI=1S/C16H23FN2/c1-11-3-6-15(17)14(9-11)16-12(10-18-2)7-8-19(16)13-4-5-13/h3,6,9,12-13,16,18H,4-5,7-8,10H2,1-2H3. The van der Waals surface area contributed by atoms with Crippen LogP contribution in [-0.2, 0) is 0 Å². The minimum Gasteiger partial charge on any atom is -0.319 e. The van der Waals surface area contributed by atoms with Crippen LogP contribution >= 0.6 is 0 Å². The highest BCUT2D eigenvalue weighted by Crippen LogP contribution is 2.44. The van der Waals surface area contributed by atoms with Crippen LogP contribution in [0, 0.1) is 18.7 Å². The molecule has 2 fully saturated rings. The number of rotatable bonds is 4. The topological polar surface area (TPSA) is 15.3 Å². The van der Waals surface area contributed by atoms with E-state index in [1.54, 1.807) is 6.07 Å². The third-order valence-corrected chi connectivity index (χ3v) is 4.51. The van der Waals surface area contributed by atoms with Crippen LogP contribution < -0.4 is 5.32 Å². The summed E-state index contributed by atoms with van der Waals surface area (Å²) in [6, 6.07) is 6.50. The normalized spacial score (nSPS) is 27.9. The first kappa shape index (κ1) is 13.1. The number of benzene rings is 1. The maximum Gasteiger partial charge on any atom is 0.128 e. The Labute approximate surface area is 115 Å². The van der Waals surface area contributed by atoms with E-state index in [0.717, 1.165) is 24.2 Å². The molecule has 1 aliphatic carbocycles. The van der Waals surface area contributed by atoms with Gasteiger partial charge in [-0.25, -0.2) is 4.39 Å². The van der Waals surface area contributed by atoms with Gasteiger partial charge < -0.3 is 5.32 Å². The van der Waals surface area contributed by atoms with E-state index in [1.165, 1.54) is 19.3 Å². The Balaban J connectivity index is 1.93. The summed E-state index contributed by atoms with van der Waals surface area (Å²) >= 11 is 0. The molecule has 0 spiro atoms. The van der Waals surface area contributed by atoms with Crippen LogP contribution in [0.5, 0.6) is 0 Å². The molecule has 1 aromatic rings. The van der Waals surface area contributed by atoms with Gasteiger partial charge in [0.2, 0.25) is 0 Å². The summed E-state index contributed by atoms with van der Waals surface area (Å²) < 4.78 is 14.2. The molecule has 2 nitrogen and oxygen atoms in total. The van der Waals surface area contributed by atoms with Crippen molar-refractivity contribution in [3.8, 4) is 0 Å². The summed E-state index contributed by atoms with van der Waals surface area (Å²) in [5.41, 5.74) is 2.06. The Morgan fingerprint density at radius 1 is 1.32 bits per heavy atom. The summed E-state index contributed by atoms with van der Waals surface area (Å²) in [4.78, 5) is 2.54. The molecular formula is C16H23FN2. The smallest absolute Gasteiger partial charge is 0.128 e. The molecule has 3 rings (SSSR count). The molecule has 1 heterocycles. The van der Waals surface area contributed by atoms with Crippen molar-refractivity contribution in [1.29, 1.82) is 0 Å². The second-order valence-corrected chi connectivity index (χ2v) is 6.05. The second-order valence-electron chi connectivity index (χ2n) is 6.05. The molecule has 19 heavy (non-hydrogen) atoms. The fraction of sp³-hybridized carbons (Fsp3) is 0.625. The van der Waals surface area contributed by atoms with Crippen LogP contribution in [0.25, 0.3) is 0 Å². The van der Waals surface area contributed by atoms with E-state index >= 15 is 0 Å². The molecular weight excluding hydrogens is 239 g/mol. The van der Waals surface area contributed by atoms with Crippen molar-refractivity contribution < 1.29 is 4.39 Å². The van der Waals surface area contributed by atoms with Gasteiger partial charge in [-0.1, -0.05) is 17.7 Å². The van der Waals surface area contributed by atoms with Crippen LogP contribution in [0.2, 0.25) is 0 Å². The molecule has 0 radical (unpaired) electrons. The van der Waals surface area contributed by atoms with E-state index in [9.17, 15) is 4.39 Å². The van der Waals surface area contributed by atoms with Crippen LogP contribution in [0.3, 0.4) is 0 Å². The van der Waals surface area contributed by atoms with Crippen LogP contribution in [0.1, 0.15) is 36.4 Å². The maximum absolute atomic E-state index is 14.2. The van der Waals surface area contributed by atoms with E-state index in [2.05, 4.69) is 10.2 Å². The fourth-order valence-corrected chi connectivity index (χ4v) is 3.50. The molecule has 0 aromatic heterocycles. The van der Waals surface area contributed by atoms with Crippen LogP contribution in [0.15, 0.2) is 18.2 Å². The molecule has 2 atom stereocenters. The van der Waals surface area contributed by atoms with E-state index in [1.807, 2.05) is 26.1 Å². The predicted molar refractivity (Wildman–Crippen MR) is 75.6 cm³/mol. The van der Waals surface area contributed by atoms with Crippen molar-refractivity contribution in [1.82, 2.24) is 10.2 Å². The van der Waals surface area contributed by atoms with Crippen molar-refractivity contribution in [2.24, 2.45) is 5.92 Å². The lowest BCUT2D eigenvalue weighted by Crippen LogP contribution is -2.31. The Morgan fingerprint density at radius 3 is 2.79 bits per heavy atom. The van der Waals surface area contributed by atoms with Crippen molar-refractivity contribution in [2.75, 3.05) is 20.1 Å². The van der Waals surface area contributed by atoms with Crippen molar-refractivity contribution >= 4 is 0 Å². The van der Waals surface area contributed by atoms with Gasteiger partial charge in [0.15, 0.2) is 0 Å². The molecule has 3 heteroatoms. The molecule has 1 aliphatic heterocycles. The highest BCUT2D eigenvalue weighted by molar-refractivity contribution is 5.29. The summed E-state index contributed by atoms with van der Waals surface area (Å²) in [5.74, 6) is 0.492. The van der Waals surface area contributed by atoms with Gasteiger partial charge in [-0.15, -0.1) is 0 Å². The van der Waals surface area contributed by atoms with Gasteiger partial charge in [0, 0.05) is 17.6 Å². The largest absolute Gasteiger partial charge is 0.319 e. The summed E-state index contributed by atoms with van der Waals surface area (Å²) in [6.07, 6.45) is 3.75. The predicted octanol–water partition coefficient (Wildman–Crippen LogP) is 2.88. The molecule has 0 bridgehead atoms. The number of aryl methyl sites for hydroxylation is 1. The number of nitrogens with zero attached hydrogens (tertiary/aromatic N) is 1. The molecule has 1 saturated carbocycles. The maximum atomic E-state index is 14.2. The third-order valence-electron chi connectivity index (χ3n) is 4.51. The van der Waals surface area contributed by atoms with Gasteiger partial charge in [0.05, 0.1) is 0 Å². The van der Waals surface area contributed by atoms with Gasteiger partial charge in [0.1, 0.15) is 5.82 Å². The first-order valence-electron chi connectivity index (χ1n) is 7.37. The molecule has 104 valence electrons. The van der Waals surface area contributed by atoms with Crippen LogP contribution in [0.4, 0.5) is 4.39 Å². The van der Waals surface area contributed by atoms with Gasteiger partial charge >= 0.3 is 0 Å². The average Bonchev–Trinajstić information content (AvgIpc) is 3.15. The summed E-state index contributed by atoms with van der Waals surface area (Å²) in [6.45, 7) is 4.14. The first-order valence-corrected chi connectivity index (χ1v) is 7.37. The highest BCUT2D eigenvalue weighted by atomic mass is 19.1. The molecule has 2 aliphatic rings. The minimum atomic E-state index is -0.0377. The lowest BCUT2D eigenvalue weighted by atomic mass is 9.92. The van der Waals surface area contributed by atoms with E-state index in [-0.39, 0.29) is 11.9 Å². The monoisotopic (exact) mass is 262 g/mol. The summed E-state index contributed by atoms with van der Waals surface area (Å²) in [5, 5.41) is 3.27. The lowest BCUT2D eigenvalue weighted by Gasteiger charge is -2.29. The number of hydrogen-bond acceptors (Lipinski definition) is 2. The van der Waals surface area contributed by atoms with Gasteiger partial charge in [-0.3, -0.25) is 4.90 Å². The van der Waals surface area contributed by atoms with Gasteiger partial charge in [-0.05, 0) is 58.3 Å². The Hall–Kier alpha value is -0.930.